The van der Waals surface area contributed by atoms with Crippen molar-refractivity contribution in [3.05, 3.63) is 144 Å². The topological polar surface area (TPSA) is 199 Å². The molecule has 0 spiro atoms. The zero-order chi connectivity index (χ0) is 41.7. The first-order valence-corrected chi connectivity index (χ1v) is 19.6. The molecule has 0 saturated carbocycles. The standard InChI is InChI=1S/C46H52N6O6/c1-27(2)39(47)45(57)51(43(55)35-25-31-19-11-13-21-33(31)49-35)37(23-29-15-7-5-8-16-29)41(53)42(54)38(24-30-17-9-6-10-18-30)52(46(58)40(48)28(3)4)44(56)36-26-32-20-12-14-22-34(32)50-36/h5-22,25-28,37-42,49-50,53-54H,23-24,47-48H2,1-4H3/t37-,38-,39-,40-,41-,42+/m0/s1. The lowest BCUT2D eigenvalue weighted by Gasteiger charge is -2.41. The summed E-state index contributed by atoms with van der Waals surface area (Å²) in [4.78, 5) is 66.7. The Kier molecular flexibility index (Phi) is 13.0. The molecule has 0 saturated heterocycles. The third kappa shape index (κ3) is 8.95. The summed E-state index contributed by atoms with van der Waals surface area (Å²) < 4.78 is 0. The summed E-state index contributed by atoms with van der Waals surface area (Å²) in [5.41, 5.74) is 15.7. The van der Waals surface area contributed by atoms with Gasteiger partial charge in [-0.05, 0) is 60.1 Å². The number of nitrogens with two attached hydrogens (primary N) is 2. The van der Waals surface area contributed by atoms with E-state index in [0.29, 0.717) is 22.2 Å². The molecule has 0 bridgehead atoms. The van der Waals surface area contributed by atoms with Crippen LogP contribution in [0.4, 0.5) is 0 Å². The van der Waals surface area contributed by atoms with Gasteiger partial charge in [0.15, 0.2) is 0 Å². The van der Waals surface area contributed by atoms with Crippen molar-refractivity contribution < 1.29 is 29.4 Å². The second-order valence-electron chi connectivity index (χ2n) is 15.6. The van der Waals surface area contributed by atoms with Crippen LogP contribution in [0.5, 0.6) is 0 Å². The first-order valence-electron chi connectivity index (χ1n) is 19.6. The van der Waals surface area contributed by atoms with Crippen molar-refractivity contribution in [1.82, 2.24) is 19.8 Å². The Morgan fingerprint density at radius 3 is 1.19 bits per heavy atom. The molecule has 0 radical (unpaired) electrons. The van der Waals surface area contributed by atoms with E-state index in [1.807, 2.05) is 48.5 Å². The molecule has 6 aromatic rings. The molecule has 2 aromatic heterocycles. The number of nitrogens with one attached hydrogen (secondary N) is 2. The molecule has 302 valence electrons. The molecule has 0 aliphatic carbocycles. The summed E-state index contributed by atoms with van der Waals surface area (Å²) in [6.45, 7) is 6.99. The van der Waals surface area contributed by atoms with Gasteiger partial charge >= 0.3 is 0 Å². The molecule has 12 nitrogen and oxygen atoms in total. The summed E-state index contributed by atoms with van der Waals surface area (Å²) >= 11 is 0. The van der Waals surface area contributed by atoms with Gasteiger partial charge in [0, 0.05) is 21.8 Å². The van der Waals surface area contributed by atoms with Crippen molar-refractivity contribution in [2.75, 3.05) is 0 Å². The summed E-state index contributed by atoms with van der Waals surface area (Å²) in [5, 5.41) is 26.8. The minimum Gasteiger partial charge on any atom is -0.388 e. The van der Waals surface area contributed by atoms with E-state index in [0.717, 1.165) is 20.6 Å². The lowest BCUT2D eigenvalue weighted by Crippen LogP contribution is -2.64. The highest BCUT2D eigenvalue weighted by Gasteiger charge is 2.46. The lowest BCUT2D eigenvalue weighted by atomic mass is 9.88. The minimum atomic E-state index is -1.92. The number of amides is 4. The van der Waals surface area contributed by atoms with Crippen LogP contribution in [0.15, 0.2) is 121 Å². The Bertz CT molecular complexity index is 2120. The van der Waals surface area contributed by atoms with Gasteiger partial charge in [-0.3, -0.25) is 29.0 Å². The van der Waals surface area contributed by atoms with E-state index in [2.05, 4.69) is 9.97 Å². The van der Waals surface area contributed by atoms with E-state index in [-0.39, 0.29) is 24.2 Å². The second kappa shape index (κ2) is 18.1. The van der Waals surface area contributed by atoms with E-state index in [1.165, 1.54) is 0 Å². The number of carbonyl (C=O) groups excluding carboxylic acids is 4. The maximum absolute atomic E-state index is 14.8. The van der Waals surface area contributed by atoms with Gasteiger partial charge in [0.25, 0.3) is 11.8 Å². The molecule has 6 rings (SSSR count). The molecule has 0 fully saturated rings. The summed E-state index contributed by atoms with van der Waals surface area (Å²) in [5.74, 6) is -3.89. The second-order valence-corrected chi connectivity index (χ2v) is 15.6. The number of aromatic amines is 2. The summed E-state index contributed by atoms with van der Waals surface area (Å²) in [6, 6.07) is 30.4. The van der Waals surface area contributed by atoms with Crippen molar-refractivity contribution in [2.24, 2.45) is 23.3 Å². The minimum absolute atomic E-state index is 0.0693. The number of rotatable bonds is 15. The molecule has 8 N–H and O–H groups in total. The molecular formula is C46H52N6O6. The summed E-state index contributed by atoms with van der Waals surface area (Å²) in [7, 11) is 0. The number of hydrogen-bond acceptors (Lipinski definition) is 8. The molecule has 0 aliphatic heterocycles. The van der Waals surface area contributed by atoms with Crippen molar-refractivity contribution in [3.63, 3.8) is 0 Å². The molecule has 0 unspecified atom stereocenters. The Hall–Kier alpha value is -5.92. The number of fused-ring (bicyclic) bond motifs is 2. The monoisotopic (exact) mass is 784 g/mol. The van der Waals surface area contributed by atoms with Gasteiger partial charge in [0.1, 0.15) is 23.6 Å². The first kappa shape index (κ1) is 41.7. The smallest absolute Gasteiger partial charge is 0.277 e. The number of H-pyrrole nitrogens is 2. The number of imide groups is 2. The average Bonchev–Trinajstić information content (AvgIpc) is 3.88. The van der Waals surface area contributed by atoms with Crippen LogP contribution < -0.4 is 11.5 Å². The van der Waals surface area contributed by atoms with Crippen LogP contribution in [-0.2, 0) is 22.4 Å². The number of hydrogen-bond donors (Lipinski definition) is 6. The van der Waals surface area contributed by atoms with Gasteiger partial charge in [0.05, 0.1) is 24.2 Å². The molecule has 2 heterocycles. The van der Waals surface area contributed by atoms with Gasteiger partial charge in [-0.2, -0.15) is 0 Å². The third-order valence-corrected chi connectivity index (χ3v) is 10.8. The first-order chi connectivity index (χ1) is 27.8. The van der Waals surface area contributed by atoms with Crippen molar-refractivity contribution >= 4 is 45.4 Å². The Balaban J connectivity index is 1.51. The Morgan fingerprint density at radius 1 is 0.534 bits per heavy atom. The molecule has 4 aromatic carbocycles. The lowest BCUT2D eigenvalue weighted by molar-refractivity contribution is -0.143. The quantitative estimate of drug-likeness (QED) is 0.0817. The fourth-order valence-corrected chi connectivity index (χ4v) is 7.25. The van der Waals surface area contributed by atoms with Gasteiger partial charge < -0.3 is 31.6 Å². The zero-order valence-corrected chi connectivity index (χ0v) is 33.2. The van der Waals surface area contributed by atoms with Gasteiger partial charge in [-0.25, -0.2) is 0 Å². The van der Waals surface area contributed by atoms with Gasteiger partial charge in [-0.1, -0.05) is 125 Å². The number of benzene rings is 4. The largest absolute Gasteiger partial charge is 0.388 e. The van der Waals surface area contributed by atoms with Crippen LogP contribution in [0, 0.1) is 11.8 Å². The molecular weight excluding hydrogens is 733 g/mol. The molecule has 0 aliphatic rings. The molecule has 4 amide bonds. The average molecular weight is 785 g/mol. The number of aromatic nitrogens is 2. The predicted octanol–water partition coefficient (Wildman–Crippen LogP) is 5.20. The third-order valence-electron chi connectivity index (χ3n) is 10.8. The fraction of sp³-hybridized carbons (Fsp3) is 0.304. The fourth-order valence-electron chi connectivity index (χ4n) is 7.25. The Morgan fingerprint density at radius 2 is 0.862 bits per heavy atom. The maximum Gasteiger partial charge on any atom is 0.277 e. The Labute approximate surface area is 337 Å². The van der Waals surface area contributed by atoms with Crippen molar-refractivity contribution in [2.45, 2.75) is 76.9 Å². The van der Waals surface area contributed by atoms with Crippen LogP contribution in [0.2, 0.25) is 0 Å². The van der Waals surface area contributed by atoms with Crippen LogP contribution >= 0.6 is 0 Å². The van der Waals surface area contributed by atoms with Gasteiger partial charge in [0.2, 0.25) is 11.8 Å². The highest BCUT2D eigenvalue weighted by Crippen LogP contribution is 2.28. The van der Waals surface area contributed by atoms with Crippen LogP contribution in [0.3, 0.4) is 0 Å². The van der Waals surface area contributed by atoms with E-state index < -0.39 is 71.8 Å². The molecule has 12 heteroatoms. The highest BCUT2D eigenvalue weighted by atomic mass is 16.3. The predicted molar refractivity (Wildman–Crippen MR) is 224 cm³/mol. The van der Waals surface area contributed by atoms with Gasteiger partial charge in [-0.15, -0.1) is 0 Å². The van der Waals surface area contributed by atoms with E-state index in [1.54, 1.807) is 100 Å². The number of para-hydroxylation sites is 2. The molecule has 58 heavy (non-hydrogen) atoms. The van der Waals surface area contributed by atoms with E-state index in [9.17, 15) is 29.4 Å². The van der Waals surface area contributed by atoms with Crippen molar-refractivity contribution in [1.29, 1.82) is 0 Å². The SMILES string of the molecule is CC(C)[C@H](N)C(=O)N(C(=O)c1cc2ccccc2[nH]1)[C@@H](Cc1ccccc1)[C@H](O)[C@H](O)[C@H](Cc1ccccc1)N(C(=O)c1cc2ccccc2[nH]1)C(=O)[C@@H](N)C(C)C. The normalized spacial score (nSPS) is 14.9. The maximum atomic E-state index is 14.8. The van der Waals surface area contributed by atoms with Crippen LogP contribution in [0.25, 0.3) is 21.8 Å². The number of carbonyl (C=O) groups is 4. The van der Waals surface area contributed by atoms with Crippen LogP contribution in [-0.4, -0.2) is 90.0 Å². The molecule has 6 atom stereocenters. The number of nitrogens with zero attached hydrogens (tertiary/aromatic N) is 2. The highest BCUT2D eigenvalue weighted by molar-refractivity contribution is 6.08. The zero-order valence-electron chi connectivity index (χ0n) is 33.2. The number of aliphatic hydroxyl groups is 2. The van der Waals surface area contributed by atoms with E-state index >= 15 is 0 Å². The number of aliphatic hydroxyl groups excluding tert-OH is 2. The summed E-state index contributed by atoms with van der Waals surface area (Å²) in [6.07, 6.45) is -4.05. The van der Waals surface area contributed by atoms with Crippen molar-refractivity contribution in [3.8, 4) is 0 Å². The van der Waals surface area contributed by atoms with E-state index in [4.69, 9.17) is 11.5 Å². The van der Waals surface area contributed by atoms with Crippen LogP contribution in [0.1, 0.15) is 59.8 Å².